The van der Waals surface area contributed by atoms with Gasteiger partial charge in [0, 0.05) is 19.3 Å². The number of rotatable bonds is 3. The summed E-state index contributed by atoms with van der Waals surface area (Å²) in [6.07, 6.45) is 4.73. The quantitative estimate of drug-likeness (QED) is 0.828. The number of nitrogen functional groups attached to an aromatic ring is 1. The second-order valence-electron chi connectivity index (χ2n) is 4.97. The van der Waals surface area contributed by atoms with E-state index in [2.05, 4.69) is 9.84 Å². The lowest BCUT2D eigenvalue weighted by atomic mass is 10.1. The zero-order chi connectivity index (χ0) is 14.7. The molecular weight excluding hydrogens is 260 g/mol. The van der Waals surface area contributed by atoms with Gasteiger partial charge in [-0.1, -0.05) is 0 Å². The Morgan fingerprint density at radius 3 is 2.60 bits per heavy atom. The summed E-state index contributed by atoms with van der Waals surface area (Å²) in [6, 6.07) is -0.478. The largest absolute Gasteiger partial charge is 0.464 e. The molecule has 0 aliphatic carbocycles. The molecule has 1 amide bonds. The molecule has 7 heteroatoms. The van der Waals surface area contributed by atoms with Gasteiger partial charge in [-0.05, 0) is 26.2 Å². The van der Waals surface area contributed by atoms with Crippen LogP contribution in [-0.4, -0.2) is 46.8 Å². The third-order valence-electron chi connectivity index (χ3n) is 3.56. The van der Waals surface area contributed by atoms with E-state index in [1.807, 2.05) is 4.90 Å². The van der Waals surface area contributed by atoms with Crippen LogP contribution in [0.3, 0.4) is 0 Å². The van der Waals surface area contributed by atoms with E-state index < -0.39 is 12.0 Å². The lowest BCUT2D eigenvalue weighted by Gasteiger charge is -2.29. The SMILES string of the molecule is COC(=O)c1nn(C(C)C(=O)N2CCCCC2)cc1N. The molecule has 1 aliphatic rings. The molecule has 0 saturated carbocycles. The van der Waals surface area contributed by atoms with E-state index in [0.717, 1.165) is 25.9 Å². The molecule has 1 saturated heterocycles. The first-order chi connectivity index (χ1) is 9.54. The predicted molar refractivity (Wildman–Crippen MR) is 73.1 cm³/mol. The third-order valence-corrected chi connectivity index (χ3v) is 3.56. The maximum Gasteiger partial charge on any atom is 0.360 e. The van der Waals surface area contributed by atoms with E-state index in [1.54, 1.807) is 6.92 Å². The molecule has 1 aromatic rings. The van der Waals surface area contributed by atoms with Crippen LogP contribution >= 0.6 is 0 Å². The number of carbonyl (C=O) groups is 2. The lowest BCUT2D eigenvalue weighted by Crippen LogP contribution is -2.39. The molecule has 1 atom stereocenters. The highest BCUT2D eigenvalue weighted by molar-refractivity contribution is 5.92. The monoisotopic (exact) mass is 280 g/mol. The highest BCUT2D eigenvalue weighted by Gasteiger charge is 2.26. The summed E-state index contributed by atoms with van der Waals surface area (Å²) in [5.41, 5.74) is 5.99. The van der Waals surface area contributed by atoms with E-state index >= 15 is 0 Å². The summed E-state index contributed by atoms with van der Waals surface area (Å²) < 4.78 is 6.03. The van der Waals surface area contributed by atoms with Crippen molar-refractivity contribution in [2.24, 2.45) is 0 Å². The normalized spacial score (nSPS) is 16.8. The summed E-state index contributed by atoms with van der Waals surface area (Å²) in [5.74, 6) is -0.595. The highest BCUT2D eigenvalue weighted by atomic mass is 16.5. The number of aromatic nitrogens is 2. The van der Waals surface area contributed by atoms with E-state index in [-0.39, 0.29) is 17.3 Å². The summed E-state index contributed by atoms with van der Waals surface area (Å²) in [7, 11) is 1.27. The summed E-state index contributed by atoms with van der Waals surface area (Å²) in [4.78, 5) is 25.7. The number of nitrogens with zero attached hydrogens (tertiary/aromatic N) is 3. The number of carbonyl (C=O) groups excluding carboxylic acids is 2. The number of ether oxygens (including phenoxy) is 1. The van der Waals surface area contributed by atoms with Crippen LogP contribution in [0.25, 0.3) is 0 Å². The standard InChI is InChI=1S/C13H20N4O3/c1-9(12(18)16-6-4-3-5-7-16)17-8-10(14)11(15-17)13(19)20-2/h8-9H,3-7,14H2,1-2H3. The Kier molecular flexibility index (Phi) is 4.26. The van der Waals surface area contributed by atoms with Crippen molar-refractivity contribution >= 4 is 17.6 Å². The predicted octanol–water partition coefficient (Wildman–Crippen LogP) is 0.825. The summed E-state index contributed by atoms with van der Waals surface area (Å²) in [6.45, 7) is 3.32. The third kappa shape index (κ3) is 2.76. The van der Waals surface area contributed by atoms with Crippen LogP contribution in [0.15, 0.2) is 6.20 Å². The van der Waals surface area contributed by atoms with Crippen molar-refractivity contribution in [1.29, 1.82) is 0 Å². The van der Waals surface area contributed by atoms with Crippen LogP contribution in [0.1, 0.15) is 42.7 Å². The fourth-order valence-corrected chi connectivity index (χ4v) is 2.35. The number of hydrogen-bond donors (Lipinski definition) is 1. The lowest BCUT2D eigenvalue weighted by molar-refractivity contribution is -0.135. The molecule has 0 aromatic carbocycles. The van der Waals surface area contributed by atoms with Crippen molar-refractivity contribution < 1.29 is 14.3 Å². The fourth-order valence-electron chi connectivity index (χ4n) is 2.35. The molecule has 0 radical (unpaired) electrons. The van der Waals surface area contributed by atoms with Crippen molar-refractivity contribution in [2.75, 3.05) is 25.9 Å². The second-order valence-corrected chi connectivity index (χ2v) is 4.97. The first kappa shape index (κ1) is 14.4. The molecule has 1 aliphatic heterocycles. The molecule has 2 N–H and O–H groups in total. The van der Waals surface area contributed by atoms with Gasteiger partial charge in [-0.2, -0.15) is 5.10 Å². The summed E-state index contributed by atoms with van der Waals surface area (Å²) in [5, 5.41) is 4.07. The Morgan fingerprint density at radius 2 is 2.00 bits per heavy atom. The molecule has 1 aromatic heterocycles. The number of esters is 1. The maximum atomic E-state index is 12.4. The van der Waals surface area contributed by atoms with Gasteiger partial charge >= 0.3 is 5.97 Å². The molecule has 2 rings (SSSR count). The van der Waals surface area contributed by atoms with E-state index in [0.29, 0.717) is 0 Å². The van der Waals surface area contributed by atoms with Crippen LogP contribution in [0.4, 0.5) is 5.69 Å². The number of amides is 1. The number of methoxy groups -OCH3 is 1. The Morgan fingerprint density at radius 1 is 1.35 bits per heavy atom. The zero-order valence-electron chi connectivity index (χ0n) is 11.8. The number of nitrogens with two attached hydrogens (primary N) is 1. The Hall–Kier alpha value is -2.05. The first-order valence-corrected chi connectivity index (χ1v) is 6.76. The fraction of sp³-hybridized carbons (Fsp3) is 0.615. The van der Waals surface area contributed by atoms with E-state index in [4.69, 9.17) is 5.73 Å². The Balaban J connectivity index is 2.14. The van der Waals surface area contributed by atoms with E-state index in [1.165, 1.54) is 24.4 Å². The van der Waals surface area contributed by atoms with Crippen molar-refractivity contribution in [2.45, 2.75) is 32.2 Å². The molecule has 7 nitrogen and oxygen atoms in total. The van der Waals surface area contributed by atoms with Gasteiger partial charge in [0.2, 0.25) is 5.91 Å². The van der Waals surface area contributed by atoms with Gasteiger partial charge in [-0.25, -0.2) is 4.79 Å². The van der Waals surface area contributed by atoms with Crippen molar-refractivity contribution in [3.05, 3.63) is 11.9 Å². The molecule has 0 spiro atoms. The molecule has 0 bridgehead atoms. The minimum atomic E-state index is -0.598. The van der Waals surface area contributed by atoms with Crippen LogP contribution in [0.2, 0.25) is 0 Å². The van der Waals surface area contributed by atoms with Gasteiger partial charge in [0.25, 0.3) is 0 Å². The smallest absolute Gasteiger partial charge is 0.360 e. The van der Waals surface area contributed by atoms with E-state index in [9.17, 15) is 9.59 Å². The average Bonchev–Trinajstić information content (AvgIpc) is 2.87. The van der Waals surface area contributed by atoms with Gasteiger partial charge in [-0.15, -0.1) is 0 Å². The summed E-state index contributed by atoms with van der Waals surface area (Å²) >= 11 is 0. The molecule has 2 heterocycles. The molecular formula is C13H20N4O3. The average molecular weight is 280 g/mol. The molecule has 20 heavy (non-hydrogen) atoms. The highest BCUT2D eigenvalue weighted by Crippen LogP contribution is 2.18. The van der Waals surface area contributed by atoms with Crippen molar-refractivity contribution in [3.63, 3.8) is 0 Å². The van der Waals surface area contributed by atoms with Gasteiger partial charge in [-0.3, -0.25) is 9.48 Å². The first-order valence-electron chi connectivity index (χ1n) is 6.76. The van der Waals surface area contributed by atoms with Crippen LogP contribution in [0, 0.1) is 0 Å². The minimum absolute atomic E-state index is 0.00335. The van der Waals surface area contributed by atoms with Crippen molar-refractivity contribution in [3.8, 4) is 0 Å². The molecule has 1 fully saturated rings. The van der Waals surface area contributed by atoms with Crippen LogP contribution in [-0.2, 0) is 9.53 Å². The zero-order valence-corrected chi connectivity index (χ0v) is 11.8. The van der Waals surface area contributed by atoms with Gasteiger partial charge in [0.15, 0.2) is 5.69 Å². The van der Waals surface area contributed by atoms with Crippen molar-refractivity contribution in [1.82, 2.24) is 14.7 Å². The van der Waals surface area contributed by atoms with Gasteiger partial charge in [0.1, 0.15) is 6.04 Å². The van der Waals surface area contributed by atoms with Gasteiger partial charge in [0.05, 0.1) is 12.8 Å². The van der Waals surface area contributed by atoms with Crippen LogP contribution < -0.4 is 5.73 Å². The second kappa shape index (κ2) is 5.94. The number of anilines is 1. The maximum absolute atomic E-state index is 12.4. The Labute approximate surface area is 117 Å². The molecule has 1 unspecified atom stereocenters. The number of hydrogen-bond acceptors (Lipinski definition) is 5. The van der Waals surface area contributed by atoms with Gasteiger partial charge < -0.3 is 15.4 Å². The molecule has 110 valence electrons. The topological polar surface area (TPSA) is 90.4 Å². The number of likely N-dealkylation sites (tertiary alicyclic amines) is 1. The minimum Gasteiger partial charge on any atom is -0.464 e. The number of piperidine rings is 1. The van der Waals surface area contributed by atoms with Crippen LogP contribution in [0.5, 0.6) is 0 Å². The Bertz CT molecular complexity index is 506.